The third-order valence-electron chi connectivity index (χ3n) is 23.2. The van der Waals surface area contributed by atoms with Gasteiger partial charge in [0.15, 0.2) is 0 Å². The molecule has 2 aromatic rings. The third-order valence-corrected chi connectivity index (χ3v) is 23.2. The van der Waals surface area contributed by atoms with E-state index >= 15 is 0 Å². The SMILES string of the molecule is CC.CC(C)(C)CC1CC1CC(C)(C)C.CC(C)(C)CNCCN1CCN(CCOC(C)(C)C)CC1.CC(C)(C)COCCN1CCN(CCOC(C)(C)C)CC1.CC(C)(C)NCCN1CCN(CCOC(C)(C)C)CC1.CC(C)(C)OCCN1CCN(CCOC(C)(C)C)CC1.CCN1CCN(C(C)C)CC1.Cc1ccc(NC(C)(C)C)cc1.Cc1ccc([C@@H](C)NC(C)(C)C)cc1. The standard InChI is InChI=1S/C17H37N3O.C17H36N2O2.C16H35N3O.C16H34N2O2.C13H21N.C13H26.C11H17N.C9H20N2.C2H6/c1-16(2,3)15-18-7-8-19-9-11-20(12-10-19)13-14-21-17(4,5)6;1-16(2,3)15-20-13-11-18-7-9-19(10-8-18)12-14-21-17(4,5)6;1-15(2,3)17-7-8-18-9-11-19(12-10-18)13-14-20-16(4,5)6;1-15(2,3)19-13-11-17-7-9-18(10-8-17)12-14-20-16(4,5)6;1-10-6-8-12(9-7-10)11(2)14-13(3,4)5;1-12(2,3)8-10-7-11(10)9-13(4,5)6;1-9-5-7-10(8-6-9)12-11(2,3)4;1-4-10-5-7-11(8-6-10)9(2)3;1-2/h18H,7-15H2,1-6H3;7-15H2,1-6H3;17H,7-14H2,1-6H3;7-14H2,1-6H3;6-9,11,14H,1-5H3;10-11H,7-9H2,1-6H3;5-8,12H,1-4H3;9H,4-8H2,1-3H3;1-2H3/t;;;;11-;;;;/m....1..../s1. The molecule has 794 valence electrons. The van der Waals surface area contributed by atoms with Crippen molar-refractivity contribution in [1.29, 1.82) is 0 Å². The van der Waals surface area contributed by atoms with Crippen LogP contribution in [0.5, 0.6) is 0 Å². The Labute approximate surface area is 834 Å². The highest BCUT2D eigenvalue weighted by atomic mass is 16.5. The summed E-state index contributed by atoms with van der Waals surface area (Å²) in [6, 6.07) is 18.3. The molecule has 0 aromatic heterocycles. The minimum atomic E-state index is -0.0217. The maximum Gasteiger partial charge on any atom is 0.0600 e. The minimum absolute atomic E-state index is 0.0133. The molecule has 1 saturated carbocycles. The molecule has 0 spiro atoms. The van der Waals surface area contributed by atoms with Gasteiger partial charge in [0.1, 0.15) is 0 Å². The fourth-order valence-electron chi connectivity index (χ4n) is 15.8. The number of hydrogen-bond acceptors (Lipinski definition) is 20. The number of benzene rings is 2. The van der Waals surface area contributed by atoms with Crippen LogP contribution in [0.15, 0.2) is 48.5 Å². The van der Waals surface area contributed by atoms with Crippen molar-refractivity contribution >= 4 is 5.69 Å². The van der Waals surface area contributed by atoms with E-state index in [1.54, 1.807) is 0 Å². The highest BCUT2D eigenvalue weighted by Gasteiger charge is 2.41. The molecule has 2 aromatic carbocycles. The minimum Gasteiger partial charge on any atom is -0.380 e. The number of nitrogens with one attached hydrogen (secondary N) is 4. The highest BCUT2D eigenvalue weighted by Crippen LogP contribution is 2.51. The van der Waals surface area contributed by atoms with Gasteiger partial charge >= 0.3 is 0 Å². The Morgan fingerprint density at radius 3 is 0.858 bits per heavy atom. The first kappa shape index (κ1) is 131. The van der Waals surface area contributed by atoms with Gasteiger partial charge in [0.05, 0.1) is 74.3 Å². The van der Waals surface area contributed by atoms with Gasteiger partial charge < -0.3 is 54.6 Å². The number of anilines is 1. The molecule has 8 rings (SSSR count). The van der Waals surface area contributed by atoms with E-state index in [2.05, 4.69) is 410 Å². The summed E-state index contributed by atoms with van der Waals surface area (Å²) in [5.41, 5.74) is 7.34. The number of piperazine rings is 5. The number of hydrogen-bond donors (Lipinski definition) is 4. The summed E-state index contributed by atoms with van der Waals surface area (Å²) in [6.45, 7) is 139. The molecular formula is C114H232N14O6. The van der Waals surface area contributed by atoms with Crippen molar-refractivity contribution in [1.82, 2.24) is 64.9 Å². The van der Waals surface area contributed by atoms with E-state index in [9.17, 15) is 0 Å². The summed E-state index contributed by atoms with van der Waals surface area (Å²) in [6.07, 6.45) is 4.34. The van der Waals surface area contributed by atoms with Crippen LogP contribution in [0.1, 0.15) is 333 Å². The van der Waals surface area contributed by atoms with Crippen molar-refractivity contribution in [3.63, 3.8) is 0 Å². The summed E-state index contributed by atoms with van der Waals surface area (Å²) >= 11 is 0. The topological polar surface area (TPSA) is 136 Å². The van der Waals surface area contributed by atoms with Crippen LogP contribution in [0.3, 0.4) is 0 Å². The Kier molecular flexibility index (Phi) is 63.8. The summed E-state index contributed by atoms with van der Waals surface area (Å²) < 4.78 is 34.7. The highest BCUT2D eigenvalue weighted by molar-refractivity contribution is 5.46. The van der Waals surface area contributed by atoms with E-state index in [1.807, 2.05) is 13.8 Å². The van der Waals surface area contributed by atoms with Gasteiger partial charge in [-0.1, -0.05) is 151 Å². The van der Waals surface area contributed by atoms with E-state index < -0.39 is 0 Å². The lowest BCUT2D eigenvalue weighted by molar-refractivity contribution is -0.0280. The first-order valence-corrected chi connectivity index (χ1v) is 53.6. The molecule has 20 nitrogen and oxygen atoms in total. The van der Waals surface area contributed by atoms with Gasteiger partial charge in [-0.15, -0.1) is 0 Å². The molecule has 6 aliphatic rings. The fourth-order valence-corrected chi connectivity index (χ4v) is 15.8. The third kappa shape index (κ3) is 82.0. The average Bonchev–Trinajstić information content (AvgIpc) is 1.66. The molecule has 5 saturated heterocycles. The van der Waals surface area contributed by atoms with Crippen LogP contribution in [0.4, 0.5) is 5.69 Å². The Balaban J connectivity index is 0.00000152. The molecule has 5 aliphatic heterocycles. The fraction of sp³-hybridized carbons (Fsp3) is 0.895. The summed E-state index contributed by atoms with van der Waals surface area (Å²) in [5, 5.41) is 14.1. The second-order valence-electron chi connectivity index (χ2n) is 52.2. The maximum atomic E-state index is 5.80. The van der Waals surface area contributed by atoms with Crippen LogP contribution < -0.4 is 21.3 Å². The molecule has 5 heterocycles. The molecule has 1 aliphatic carbocycles. The Bertz CT molecular complexity index is 2920. The van der Waals surface area contributed by atoms with Crippen molar-refractivity contribution in [2.45, 2.75) is 381 Å². The predicted octanol–water partition coefficient (Wildman–Crippen LogP) is 21.8. The largest absolute Gasteiger partial charge is 0.380 e. The molecule has 0 amide bonds. The molecule has 0 radical (unpaired) electrons. The molecule has 3 atom stereocenters. The van der Waals surface area contributed by atoms with Crippen LogP contribution in [-0.4, -0.2) is 355 Å². The van der Waals surface area contributed by atoms with E-state index in [0.29, 0.717) is 22.3 Å². The quantitative estimate of drug-likeness (QED) is 0.0504. The molecule has 6 fully saturated rings. The average molecular weight is 1900 g/mol. The lowest BCUT2D eigenvalue weighted by atomic mass is 9.85. The second kappa shape index (κ2) is 65.0. The predicted molar refractivity (Wildman–Crippen MR) is 587 cm³/mol. The Hall–Kier alpha value is -2.52. The summed E-state index contributed by atoms with van der Waals surface area (Å²) in [5.74, 6) is 2.08. The molecule has 4 N–H and O–H groups in total. The van der Waals surface area contributed by atoms with E-state index in [0.717, 1.165) is 182 Å². The second-order valence-corrected chi connectivity index (χ2v) is 52.2. The Morgan fingerprint density at radius 1 is 0.321 bits per heavy atom. The number of likely N-dealkylation sites (N-methyl/N-ethyl adjacent to an activating group) is 1. The van der Waals surface area contributed by atoms with Gasteiger partial charge in [0, 0.05) is 237 Å². The van der Waals surface area contributed by atoms with Crippen molar-refractivity contribution in [3.8, 4) is 0 Å². The van der Waals surface area contributed by atoms with Gasteiger partial charge in [-0.05, 0) is 278 Å². The van der Waals surface area contributed by atoms with Crippen molar-refractivity contribution < 1.29 is 28.4 Å². The molecule has 20 heteroatoms. The summed E-state index contributed by atoms with van der Waals surface area (Å²) in [7, 11) is 0. The first-order valence-electron chi connectivity index (χ1n) is 53.6. The van der Waals surface area contributed by atoms with Gasteiger partial charge in [-0.3, -0.25) is 44.1 Å². The zero-order valence-electron chi connectivity index (χ0n) is 97.5. The van der Waals surface area contributed by atoms with Gasteiger partial charge in [-0.25, -0.2) is 0 Å². The smallest absolute Gasteiger partial charge is 0.0600 e. The zero-order chi connectivity index (χ0) is 103. The monoisotopic (exact) mass is 1890 g/mol. The van der Waals surface area contributed by atoms with Crippen LogP contribution in [-0.2, 0) is 28.4 Å². The first-order chi connectivity index (χ1) is 61.4. The van der Waals surface area contributed by atoms with Crippen LogP contribution in [0.25, 0.3) is 0 Å². The number of nitrogens with zero attached hydrogens (tertiary/aromatic N) is 10. The molecule has 2 unspecified atom stereocenters. The normalized spacial score (nSPS) is 19.1. The van der Waals surface area contributed by atoms with Gasteiger partial charge in [-0.2, -0.15) is 0 Å². The number of ether oxygens (including phenoxy) is 6. The van der Waals surface area contributed by atoms with Crippen LogP contribution >= 0.6 is 0 Å². The van der Waals surface area contributed by atoms with Gasteiger partial charge in [0.2, 0.25) is 0 Å². The maximum absolute atomic E-state index is 5.80. The van der Waals surface area contributed by atoms with E-state index in [1.165, 1.54) is 133 Å². The van der Waals surface area contributed by atoms with E-state index in [4.69, 9.17) is 28.4 Å². The molecule has 134 heavy (non-hydrogen) atoms. The Morgan fingerprint density at radius 2 is 0.604 bits per heavy atom. The van der Waals surface area contributed by atoms with Gasteiger partial charge in [0.25, 0.3) is 0 Å². The summed E-state index contributed by atoms with van der Waals surface area (Å²) in [4.78, 5) is 25.2. The van der Waals surface area contributed by atoms with E-state index in [-0.39, 0.29) is 50.0 Å². The lowest BCUT2D eigenvalue weighted by Gasteiger charge is -2.36. The number of aryl methyl sites for hydroxylation is 2. The van der Waals surface area contributed by atoms with Crippen molar-refractivity contribution in [2.24, 2.45) is 33.5 Å². The zero-order valence-corrected chi connectivity index (χ0v) is 97.5. The number of rotatable bonds is 33. The molecular weight excluding hydrogens is 1660 g/mol. The molecule has 0 bridgehead atoms. The van der Waals surface area contributed by atoms with Crippen molar-refractivity contribution in [2.75, 3.05) is 261 Å². The van der Waals surface area contributed by atoms with Crippen molar-refractivity contribution in [3.05, 3.63) is 65.2 Å². The van der Waals surface area contributed by atoms with Crippen LogP contribution in [0, 0.1) is 47.3 Å². The van der Waals surface area contributed by atoms with Crippen LogP contribution in [0.2, 0.25) is 0 Å². The lowest BCUT2D eigenvalue weighted by Crippen LogP contribution is -2.50.